The standard InChI is InChI=1S/C10H16O.C9H14N2.C9H12N2.4C9H11NS.C5H6N2.C4H10/c1-10(2,3)8-5-4-6-9(11)7-8;2*1-5-8-6-7-11(10-8)9(2,3)4;1-5-8-10-7(6-11-8)9(2,3)4;1-5-8-10-6-7(11-8)9(2,3)4;1-5-8-7(6-11-10-8)9(2,3)4;1-5-7-6-8(11-10-7)9(2,3)4;1-2-5-6-3-4-7-5;1-4(2)3/h4,6,8H,5,7H2,1-3H3;5-7H,1H2,2-4H3;1,6-7H,2-4H3;4*1,6H,2-4H3;2-4H,1H2,(H,6,7);4H,1-3H3. The molecule has 11 nitrogen and oxygen atoms in total. The molecule has 474 valence electrons. The van der Waals surface area contributed by atoms with Crippen LogP contribution < -0.4 is 0 Å². The Balaban J connectivity index is 0.000000976. The highest BCUT2D eigenvalue weighted by molar-refractivity contribution is 7.12. The highest BCUT2D eigenvalue weighted by Gasteiger charge is 2.27. The van der Waals surface area contributed by atoms with E-state index in [0.717, 1.165) is 57.4 Å². The number of aromatic amines is 1. The van der Waals surface area contributed by atoms with Crippen LogP contribution in [0.5, 0.6) is 0 Å². The summed E-state index contributed by atoms with van der Waals surface area (Å²) in [6, 6.07) is 5.77. The Morgan fingerprint density at radius 2 is 1.22 bits per heavy atom. The molecule has 15 heteroatoms. The molecule has 1 atom stereocenters. The monoisotopic (exact) mass is 1260 g/mol. The second-order valence-corrected chi connectivity index (χ2v) is 31.4. The lowest BCUT2D eigenvalue weighted by molar-refractivity contribution is -0.116. The number of nitrogens with one attached hydrogen (secondary N) is 1. The number of thiazole rings is 2. The number of allylic oxidation sites excluding steroid dienone is 2. The fourth-order valence-corrected chi connectivity index (χ4v) is 9.60. The molecule has 7 aromatic heterocycles. The van der Waals surface area contributed by atoms with E-state index >= 15 is 0 Å². The third kappa shape index (κ3) is 32.7. The lowest BCUT2D eigenvalue weighted by Gasteiger charge is -2.30. The smallest absolute Gasteiger partial charge is 0.166 e. The Morgan fingerprint density at radius 1 is 0.659 bits per heavy atom. The fourth-order valence-electron chi connectivity index (χ4n) is 6.34. The van der Waals surface area contributed by atoms with E-state index in [1.54, 1.807) is 42.0 Å². The number of ketones is 1. The molecule has 0 aromatic carbocycles. The summed E-state index contributed by atoms with van der Waals surface area (Å²) in [6.45, 7) is 58.6. The molecule has 7 heterocycles. The Kier molecular flexibility index (Phi) is 34.0. The average molecular weight is 1260 g/mol. The molecule has 0 fully saturated rings. The molecule has 1 unspecified atom stereocenters. The van der Waals surface area contributed by atoms with Gasteiger partial charge in [0.05, 0.1) is 22.5 Å². The van der Waals surface area contributed by atoms with E-state index in [1.165, 1.54) is 49.7 Å². The Labute approximate surface area is 548 Å². The molecule has 1 aliphatic carbocycles. The van der Waals surface area contributed by atoms with Crippen molar-refractivity contribution in [1.29, 1.82) is 0 Å². The number of aromatic nitrogens is 10. The summed E-state index contributed by atoms with van der Waals surface area (Å²) < 4.78 is 12.0. The van der Waals surface area contributed by atoms with Crippen LogP contribution in [0.3, 0.4) is 0 Å². The molecule has 0 radical (unpaired) electrons. The lowest BCUT2D eigenvalue weighted by atomic mass is 9.74. The van der Waals surface area contributed by atoms with Gasteiger partial charge < -0.3 is 4.98 Å². The van der Waals surface area contributed by atoms with Gasteiger partial charge in [0.15, 0.2) is 15.8 Å². The molecule has 8 rings (SSSR count). The molecule has 7 aromatic rings. The predicted octanol–water partition coefficient (Wildman–Crippen LogP) is 18.9. The molecule has 0 spiro atoms. The van der Waals surface area contributed by atoms with Gasteiger partial charge >= 0.3 is 0 Å². The van der Waals surface area contributed by atoms with Crippen molar-refractivity contribution >= 4 is 63.7 Å². The molecular formula is C73H102N10OS4. The molecule has 88 heavy (non-hydrogen) atoms. The van der Waals surface area contributed by atoms with E-state index < -0.39 is 0 Å². The van der Waals surface area contributed by atoms with E-state index in [-0.39, 0.29) is 43.9 Å². The molecule has 0 bridgehead atoms. The van der Waals surface area contributed by atoms with Crippen LogP contribution in [0.1, 0.15) is 239 Å². The summed E-state index contributed by atoms with van der Waals surface area (Å²) in [4.78, 5) is 28.6. The van der Waals surface area contributed by atoms with E-state index in [2.05, 4.69) is 248 Å². The van der Waals surface area contributed by atoms with Crippen LogP contribution in [-0.2, 0) is 37.5 Å². The summed E-state index contributed by atoms with van der Waals surface area (Å²) in [5.74, 6) is 15.1. The van der Waals surface area contributed by atoms with E-state index in [4.69, 9.17) is 32.1 Å². The SMILES string of the molecule is C#Cc1cc(C(C)(C)C)sn1.C#Cc1ccn(C(C)(C)C)n1.C#Cc1nc(C(C)(C)C)cs1.C#Cc1ncc(C(C)(C)C)s1.C#Cc1nscc1C(C)(C)C.C=Cc1ccn(C(C)(C)C)n1.C=Cc1ncc[nH]1.CC(C)(C)C1CC=CC(=O)C1.CC(C)C. The maximum Gasteiger partial charge on any atom is 0.166 e. The van der Waals surface area contributed by atoms with Crippen molar-refractivity contribution in [3.63, 3.8) is 0 Å². The van der Waals surface area contributed by atoms with Crippen molar-refractivity contribution in [1.82, 2.24) is 48.2 Å². The highest BCUT2D eigenvalue weighted by Crippen LogP contribution is 2.34. The topological polar surface area (TPSA) is 133 Å². The Bertz CT molecular complexity index is 3160. The lowest BCUT2D eigenvalue weighted by Crippen LogP contribution is -2.24. The zero-order valence-corrected chi connectivity index (χ0v) is 60.8. The summed E-state index contributed by atoms with van der Waals surface area (Å²) >= 11 is 6.04. The normalized spacial score (nSPS) is 12.7. The Morgan fingerprint density at radius 3 is 1.50 bits per heavy atom. The molecule has 0 amide bonds. The maximum absolute atomic E-state index is 11.0. The number of carbonyl (C=O) groups is 1. The third-order valence-corrected chi connectivity index (χ3v) is 15.7. The first-order chi connectivity index (χ1) is 40.4. The minimum atomic E-state index is 0.0229. The first-order valence-electron chi connectivity index (χ1n) is 29.1. The van der Waals surface area contributed by atoms with Crippen molar-refractivity contribution in [2.75, 3.05) is 0 Å². The maximum atomic E-state index is 11.0. The van der Waals surface area contributed by atoms with Gasteiger partial charge in [0, 0.05) is 68.9 Å². The summed E-state index contributed by atoms with van der Waals surface area (Å²) in [5, 5.41) is 14.1. The summed E-state index contributed by atoms with van der Waals surface area (Å²) in [7, 11) is 0. The van der Waals surface area contributed by atoms with Crippen molar-refractivity contribution in [2.45, 2.75) is 212 Å². The minimum absolute atomic E-state index is 0.0229. The van der Waals surface area contributed by atoms with Gasteiger partial charge in [-0.15, -0.1) is 54.8 Å². The number of rotatable bonds is 2. The molecule has 1 aliphatic rings. The number of hydrogen-bond donors (Lipinski definition) is 1. The fraction of sp³-hybridized carbons (Fsp3) is 0.479. The predicted molar refractivity (Wildman–Crippen MR) is 383 cm³/mol. The second-order valence-electron chi connectivity index (χ2n) is 28.1. The summed E-state index contributed by atoms with van der Waals surface area (Å²) in [5.41, 5.74) is 6.37. The van der Waals surface area contributed by atoms with Crippen LogP contribution in [0.4, 0.5) is 0 Å². The van der Waals surface area contributed by atoms with E-state index in [9.17, 15) is 4.79 Å². The zero-order valence-electron chi connectivity index (χ0n) is 57.5. The zero-order chi connectivity index (χ0) is 68.1. The third-order valence-electron chi connectivity index (χ3n) is 11.7. The van der Waals surface area contributed by atoms with Gasteiger partial charge in [-0.3, -0.25) is 14.2 Å². The molecule has 1 N–H and O–H groups in total. The van der Waals surface area contributed by atoms with Crippen molar-refractivity contribution in [3.8, 4) is 61.7 Å². The largest absolute Gasteiger partial charge is 0.345 e. The number of hydrogen-bond acceptors (Lipinski definition) is 12. The first-order valence-corrected chi connectivity index (χ1v) is 32.4. The Hall–Kier alpha value is -7.16. The number of imidazole rings is 1. The molecule has 0 saturated carbocycles. The van der Waals surface area contributed by atoms with Gasteiger partial charge in [-0.2, -0.15) is 18.9 Å². The summed E-state index contributed by atoms with van der Waals surface area (Å²) in [6.07, 6.45) is 44.2. The van der Waals surface area contributed by atoms with E-state index in [1.807, 2.05) is 63.0 Å². The molecular weight excluding hydrogens is 1160 g/mol. The van der Waals surface area contributed by atoms with Gasteiger partial charge in [-0.1, -0.05) is 144 Å². The van der Waals surface area contributed by atoms with Crippen molar-refractivity contribution in [3.05, 3.63) is 145 Å². The minimum Gasteiger partial charge on any atom is -0.345 e. The highest BCUT2D eigenvalue weighted by atomic mass is 32.1. The number of carbonyl (C=O) groups excluding carboxylic acids is 1. The van der Waals surface area contributed by atoms with Gasteiger partial charge in [0.1, 0.15) is 22.9 Å². The second kappa shape index (κ2) is 37.0. The molecule has 0 saturated heterocycles. The van der Waals surface area contributed by atoms with Crippen LogP contribution in [0.2, 0.25) is 0 Å². The van der Waals surface area contributed by atoms with Crippen LogP contribution in [0.25, 0.3) is 12.2 Å². The number of H-pyrrole nitrogens is 1. The van der Waals surface area contributed by atoms with Crippen LogP contribution in [0.15, 0.2) is 85.3 Å². The number of terminal acetylenes is 5. The van der Waals surface area contributed by atoms with Crippen LogP contribution in [-0.4, -0.2) is 54.0 Å². The van der Waals surface area contributed by atoms with Gasteiger partial charge in [0.2, 0.25) is 0 Å². The van der Waals surface area contributed by atoms with Crippen molar-refractivity contribution < 1.29 is 4.79 Å². The van der Waals surface area contributed by atoms with Gasteiger partial charge in [-0.25, -0.2) is 15.0 Å². The average Bonchev–Trinajstić information content (AvgIpc) is 4.48. The first kappa shape index (κ1) is 80.8. The number of nitrogens with zero attached hydrogens (tertiary/aromatic N) is 9. The van der Waals surface area contributed by atoms with E-state index in [0.29, 0.717) is 11.6 Å². The van der Waals surface area contributed by atoms with Crippen LogP contribution in [0, 0.1) is 79.0 Å². The quantitative estimate of drug-likeness (QED) is 0.169. The molecule has 0 aliphatic heterocycles. The van der Waals surface area contributed by atoms with Crippen LogP contribution >= 0.6 is 45.7 Å². The van der Waals surface area contributed by atoms with Crippen molar-refractivity contribution in [2.24, 2.45) is 17.3 Å². The van der Waals surface area contributed by atoms with Gasteiger partial charge in [0.25, 0.3) is 0 Å². The van der Waals surface area contributed by atoms with Gasteiger partial charge in [-0.05, 0) is 171 Å².